The number of nitrogens with two attached hydrogens (primary N) is 1. The van der Waals surface area contributed by atoms with Crippen molar-refractivity contribution >= 4 is 23.7 Å². The third kappa shape index (κ3) is 9.75. The van der Waals surface area contributed by atoms with Gasteiger partial charge in [-0.25, -0.2) is 0 Å². The molecule has 0 bridgehead atoms. The number of esters is 1. The van der Waals surface area contributed by atoms with E-state index in [1.54, 1.807) is 11.8 Å². The van der Waals surface area contributed by atoms with Crippen molar-refractivity contribution in [2.45, 2.75) is 25.0 Å². The van der Waals surface area contributed by atoms with Crippen molar-refractivity contribution in [3.05, 3.63) is 0 Å². The summed E-state index contributed by atoms with van der Waals surface area (Å²) in [5.74, 6) is -0.729. The van der Waals surface area contributed by atoms with Gasteiger partial charge in [-0.2, -0.15) is 11.8 Å². The number of ether oxygens (including phenoxy) is 1. The van der Waals surface area contributed by atoms with Crippen molar-refractivity contribution in [2.75, 3.05) is 39.7 Å². The van der Waals surface area contributed by atoms with Gasteiger partial charge in [0.1, 0.15) is 12.6 Å². The molecule has 1 unspecified atom stereocenters. The Morgan fingerprint density at radius 2 is 1.95 bits per heavy atom. The zero-order valence-electron chi connectivity index (χ0n) is 12.1. The fourth-order valence-corrected chi connectivity index (χ4v) is 2.05. The Morgan fingerprint density at radius 3 is 2.37 bits per heavy atom. The first kappa shape index (κ1) is 18.2. The summed E-state index contributed by atoms with van der Waals surface area (Å²) in [6.45, 7) is 0.438. The van der Waals surface area contributed by atoms with Crippen LogP contribution in [0.2, 0.25) is 0 Å². The highest BCUT2D eigenvalue weighted by Crippen LogP contribution is 2.08. The van der Waals surface area contributed by atoms with E-state index in [-0.39, 0.29) is 6.42 Å². The highest BCUT2D eigenvalue weighted by molar-refractivity contribution is 7.98. The molecule has 0 radical (unpaired) electrons. The third-order valence-corrected chi connectivity index (χ3v) is 3.02. The highest BCUT2D eigenvalue weighted by Gasteiger charge is 2.26. The molecule has 0 aliphatic heterocycles. The molecule has 0 aliphatic rings. The van der Waals surface area contributed by atoms with Crippen LogP contribution in [0.5, 0.6) is 0 Å². The van der Waals surface area contributed by atoms with Gasteiger partial charge in [0.2, 0.25) is 0 Å². The van der Waals surface area contributed by atoms with Gasteiger partial charge >= 0.3 is 11.9 Å². The average molecular weight is 293 g/mol. The van der Waals surface area contributed by atoms with E-state index < -0.39 is 24.1 Å². The van der Waals surface area contributed by atoms with Crippen LogP contribution in [0.3, 0.4) is 0 Å². The second-order valence-corrected chi connectivity index (χ2v) is 6.50. The summed E-state index contributed by atoms with van der Waals surface area (Å²) in [5, 5.41) is 8.84. The van der Waals surface area contributed by atoms with Crippen LogP contribution in [-0.2, 0) is 14.3 Å². The number of aliphatic carboxylic acids is 1. The first-order chi connectivity index (χ1) is 8.65. The van der Waals surface area contributed by atoms with Gasteiger partial charge in [0.25, 0.3) is 0 Å². The Hall–Kier alpha value is -0.790. The first-order valence-corrected chi connectivity index (χ1v) is 7.52. The normalized spacial score (nSPS) is 14.8. The van der Waals surface area contributed by atoms with Gasteiger partial charge in [-0.3, -0.25) is 9.59 Å². The fraction of sp³-hybridized carbons (Fsp3) is 0.833. The summed E-state index contributed by atoms with van der Waals surface area (Å²) in [4.78, 5) is 22.6. The van der Waals surface area contributed by atoms with Crippen LogP contribution in [0.1, 0.15) is 12.8 Å². The summed E-state index contributed by atoms with van der Waals surface area (Å²) < 4.78 is 5.75. The maximum atomic E-state index is 11.8. The minimum atomic E-state index is -0.982. The molecule has 0 heterocycles. The minimum absolute atomic E-state index is 0.198. The lowest BCUT2D eigenvalue weighted by Crippen LogP contribution is -2.45. The lowest BCUT2D eigenvalue weighted by molar-refractivity contribution is -0.873. The number of hydrogen-bond donors (Lipinski definition) is 2. The molecule has 0 aromatic carbocycles. The molecule has 2 atom stereocenters. The fourth-order valence-electron chi connectivity index (χ4n) is 1.56. The Morgan fingerprint density at radius 1 is 1.37 bits per heavy atom. The van der Waals surface area contributed by atoms with Gasteiger partial charge in [-0.1, -0.05) is 0 Å². The molecule has 19 heavy (non-hydrogen) atoms. The maximum absolute atomic E-state index is 11.8. The van der Waals surface area contributed by atoms with E-state index in [1.807, 2.05) is 27.4 Å². The molecule has 3 N–H and O–H groups in total. The van der Waals surface area contributed by atoms with E-state index in [2.05, 4.69) is 0 Å². The largest absolute Gasteiger partial charge is 0.481 e. The molecule has 0 spiro atoms. The summed E-state index contributed by atoms with van der Waals surface area (Å²) in [6.07, 6.45) is 1.62. The van der Waals surface area contributed by atoms with Gasteiger partial charge in [-0.15, -0.1) is 0 Å². The van der Waals surface area contributed by atoms with E-state index in [1.165, 1.54) is 0 Å². The quantitative estimate of drug-likeness (QED) is 0.465. The molecule has 112 valence electrons. The number of nitrogens with zero attached hydrogens (tertiary/aromatic N) is 1. The molecule has 0 amide bonds. The highest BCUT2D eigenvalue weighted by atomic mass is 32.2. The molecule has 0 aliphatic carbocycles. The third-order valence-electron chi connectivity index (χ3n) is 2.37. The number of thioether (sulfide) groups is 1. The molecule has 0 aromatic heterocycles. The molecule has 0 rings (SSSR count). The number of likely N-dealkylation sites (N-methyl/N-ethyl adjacent to an activating group) is 1. The molecular weight excluding hydrogens is 268 g/mol. The number of quaternary nitrogens is 1. The van der Waals surface area contributed by atoms with Gasteiger partial charge in [0.15, 0.2) is 6.10 Å². The van der Waals surface area contributed by atoms with Crippen molar-refractivity contribution in [1.29, 1.82) is 0 Å². The Balaban J connectivity index is 4.45. The van der Waals surface area contributed by atoms with Crippen LogP contribution < -0.4 is 5.73 Å². The predicted molar refractivity (Wildman–Crippen MR) is 76.0 cm³/mol. The first-order valence-electron chi connectivity index (χ1n) is 6.13. The summed E-state index contributed by atoms with van der Waals surface area (Å²) in [6, 6.07) is -0.684. The lowest BCUT2D eigenvalue weighted by atomic mass is 10.2. The van der Waals surface area contributed by atoms with Crippen LogP contribution in [-0.4, -0.2) is 73.4 Å². The van der Waals surface area contributed by atoms with E-state index >= 15 is 0 Å². The van der Waals surface area contributed by atoms with E-state index in [4.69, 9.17) is 15.6 Å². The molecule has 6 nitrogen and oxygen atoms in total. The van der Waals surface area contributed by atoms with Crippen molar-refractivity contribution in [2.24, 2.45) is 5.73 Å². The zero-order chi connectivity index (χ0) is 15.1. The smallest absolute Gasteiger partial charge is 0.323 e. The van der Waals surface area contributed by atoms with E-state index in [0.29, 0.717) is 17.4 Å². The van der Waals surface area contributed by atoms with Crippen LogP contribution >= 0.6 is 11.8 Å². The molecule has 7 heteroatoms. The maximum Gasteiger partial charge on any atom is 0.323 e. The number of carboxylic acids is 1. The Labute approximate surface area is 118 Å². The van der Waals surface area contributed by atoms with Gasteiger partial charge in [0, 0.05) is 0 Å². The monoisotopic (exact) mass is 293 g/mol. The lowest BCUT2D eigenvalue weighted by Gasteiger charge is -2.28. The predicted octanol–water partition coefficient (Wildman–Crippen LogP) is 0.160. The topological polar surface area (TPSA) is 89.6 Å². The van der Waals surface area contributed by atoms with Crippen molar-refractivity contribution in [1.82, 2.24) is 0 Å². The van der Waals surface area contributed by atoms with Crippen LogP contribution in [0, 0.1) is 0 Å². The van der Waals surface area contributed by atoms with E-state index in [9.17, 15) is 9.59 Å². The van der Waals surface area contributed by atoms with Gasteiger partial charge < -0.3 is 20.1 Å². The van der Waals surface area contributed by atoms with Crippen molar-refractivity contribution < 1.29 is 23.9 Å². The van der Waals surface area contributed by atoms with Gasteiger partial charge in [0.05, 0.1) is 27.6 Å². The average Bonchev–Trinajstić information content (AvgIpc) is 2.22. The molecular formula is C12H25N2O4S+. The van der Waals surface area contributed by atoms with Crippen LogP contribution in [0.25, 0.3) is 0 Å². The molecule has 0 saturated heterocycles. The minimum Gasteiger partial charge on any atom is -0.481 e. The standard InChI is InChI=1S/C12H24N2O4S/c1-14(2,3)8-9(7-11(15)16)18-12(17)10(13)5-6-19-4/h9-10H,5-8,13H2,1-4H3/p+1/t9?,10-/m0/s1. The number of carbonyl (C=O) groups excluding carboxylic acids is 1. The van der Waals surface area contributed by atoms with Crippen LogP contribution in [0.4, 0.5) is 0 Å². The molecule has 0 saturated carbocycles. The summed E-state index contributed by atoms with van der Waals surface area (Å²) in [5.41, 5.74) is 5.71. The van der Waals surface area contributed by atoms with Gasteiger partial charge in [-0.05, 0) is 18.4 Å². The molecule has 0 fully saturated rings. The number of carbonyl (C=O) groups is 2. The second kappa shape index (κ2) is 8.39. The molecule has 0 aromatic rings. The van der Waals surface area contributed by atoms with Crippen molar-refractivity contribution in [3.8, 4) is 0 Å². The van der Waals surface area contributed by atoms with Crippen molar-refractivity contribution in [3.63, 3.8) is 0 Å². The number of hydrogen-bond acceptors (Lipinski definition) is 5. The SMILES string of the molecule is CSCC[C@H](N)C(=O)OC(CC(=O)O)C[N+](C)(C)C. The Bertz CT molecular complexity index is 305. The zero-order valence-corrected chi connectivity index (χ0v) is 12.9. The van der Waals surface area contributed by atoms with E-state index in [0.717, 1.165) is 5.75 Å². The Kier molecular flexibility index (Phi) is 8.05. The number of carboxylic acid groups (broad SMARTS) is 1. The number of rotatable bonds is 9. The summed E-state index contributed by atoms with van der Waals surface area (Å²) in [7, 11) is 5.74. The summed E-state index contributed by atoms with van der Waals surface area (Å²) >= 11 is 1.60. The second-order valence-electron chi connectivity index (χ2n) is 5.52. The van der Waals surface area contributed by atoms with Crippen LogP contribution in [0.15, 0.2) is 0 Å².